The summed E-state index contributed by atoms with van der Waals surface area (Å²) in [5, 5.41) is 0. The number of rotatable bonds is 4. The van der Waals surface area contributed by atoms with Crippen LogP contribution in [0.2, 0.25) is 0 Å². The highest BCUT2D eigenvalue weighted by molar-refractivity contribution is 5.09. The van der Waals surface area contributed by atoms with Crippen LogP contribution in [0, 0.1) is 5.92 Å². The lowest BCUT2D eigenvalue weighted by Crippen LogP contribution is -2.18. The zero-order chi connectivity index (χ0) is 12.3. The maximum atomic E-state index is 5.77. The third-order valence-corrected chi connectivity index (χ3v) is 3.77. The van der Waals surface area contributed by atoms with E-state index in [0.29, 0.717) is 5.92 Å². The largest absolute Gasteiger partial charge is 0.328 e. The van der Waals surface area contributed by atoms with Gasteiger partial charge in [-0.05, 0) is 44.1 Å². The molecular formula is C14H23N3. The van der Waals surface area contributed by atoms with Crippen LogP contribution in [0.3, 0.4) is 0 Å². The molecule has 1 aromatic rings. The fourth-order valence-corrected chi connectivity index (χ4v) is 2.73. The van der Waals surface area contributed by atoms with Crippen molar-refractivity contribution in [2.75, 3.05) is 0 Å². The summed E-state index contributed by atoms with van der Waals surface area (Å²) < 4.78 is 0. The summed E-state index contributed by atoms with van der Waals surface area (Å²) in [7, 11) is 0. The van der Waals surface area contributed by atoms with E-state index in [0.717, 1.165) is 23.7 Å². The second kappa shape index (κ2) is 5.58. The summed E-state index contributed by atoms with van der Waals surface area (Å²) in [5.74, 6) is 2.51. The third kappa shape index (κ3) is 3.25. The quantitative estimate of drug-likeness (QED) is 0.869. The van der Waals surface area contributed by atoms with Crippen LogP contribution in [-0.2, 0) is 6.42 Å². The predicted octanol–water partition coefficient (Wildman–Crippen LogP) is 2.66. The highest BCUT2D eigenvalue weighted by atomic mass is 14.9. The van der Waals surface area contributed by atoms with Crippen molar-refractivity contribution in [2.24, 2.45) is 11.7 Å². The van der Waals surface area contributed by atoms with Gasteiger partial charge in [0, 0.05) is 24.4 Å². The Morgan fingerprint density at radius 2 is 2.06 bits per heavy atom. The molecule has 0 aliphatic heterocycles. The zero-order valence-corrected chi connectivity index (χ0v) is 10.9. The van der Waals surface area contributed by atoms with Gasteiger partial charge in [-0.15, -0.1) is 0 Å². The van der Waals surface area contributed by atoms with Crippen LogP contribution in [0.5, 0.6) is 0 Å². The molecule has 0 radical (unpaired) electrons. The minimum atomic E-state index is 0.181. The minimum absolute atomic E-state index is 0.181. The van der Waals surface area contributed by atoms with Crippen LogP contribution in [0.1, 0.15) is 56.8 Å². The van der Waals surface area contributed by atoms with Gasteiger partial charge in [0.05, 0.1) is 0 Å². The third-order valence-electron chi connectivity index (χ3n) is 3.77. The molecule has 1 heterocycles. The Hall–Kier alpha value is -0.960. The molecule has 1 fully saturated rings. The maximum absolute atomic E-state index is 5.77. The van der Waals surface area contributed by atoms with E-state index in [9.17, 15) is 0 Å². The topological polar surface area (TPSA) is 51.8 Å². The molecule has 3 atom stereocenters. The van der Waals surface area contributed by atoms with Crippen molar-refractivity contribution in [3.63, 3.8) is 0 Å². The lowest BCUT2D eigenvalue weighted by atomic mass is 10.0. The molecule has 2 N–H and O–H groups in total. The second-order valence-corrected chi connectivity index (χ2v) is 5.42. The normalized spacial score (nSPS) is 26.1. The van der Waals surface area contributed by atoms with Gasteiger partial charge < -0.3 is 5.73 Å². The molecule has 17 heavy (non-hydrogen) atoms. The van der Waals surface area contributed by atoms with E-state index in [4.69, 9.17) is 5.73 Å². The average Bonchev–Trinajstić information content (AvgIpc) is 2.78. The predicted molar refractivity (Wildman–Crippen MR) is 69.8 cm³/mol. The first-order chi connectivity index (χ1) is 8.19. The molecule has 3 heteroatoms. The zero-order valence-electron chi connectivity index (χ0n) is 10.9. The standard InChI is InChI=1S/C14H23N3/c1-3-11-4-5-13(7-11)14-16-8-12(9-17-14)6-10(2)15/h8-11,13H,3-7,15H2,1-2H3. The van der Waals surface area contributed by atoms with Crippen molar-refractivity contribution in [1.82, 2.24) is 9.97 Å². The highest BCUT2D eigenvalue weighted by Crippen LogP contribution is 2.37. The summed E-state index contributed by atoms with van der Waals surface area (Å²) in [4.78, 5) is 9.03. The van der Waals surface area contributed by atoms with Gasteiger partial charge in [0.25, 0.3) is 0 Å². The SMILES string of the molecule is CCC1CCC(c2ncc(CC(C)N)cn2)C1. The molecule has 1 aromatic heterocycles. The van der Waals surface area contributed by atoms with Crippen molar-refractivity contribution in [3.8, 4) is 0 Å². The lowest BCUT2D eigenvalue weighted by molar-refractivity contribution is 0.516. The molecular weight excluding hydrogens is 210 g/mol. The van der Waals surface area contributed by atoms with Crippen molar-refractivity contribution in [3.05, 3.63) is 23.8 Å². The summed E-state index contributed by atoms with van der Waals surface area (Å²) in [6.07, 6.45) is 9.91. The molecule has 1 saturated carbocycles. The Balaban J connectivity index is 1.98. The van der Waals surface area contributed by atoms with Crippen LogP contribution < -0.4 is 5.73 Å². The maximum Gasteiger partial charge on any atom is 0.131 e. The summed E-state index contributed by atoms with van der Waals surface area (Å²) in [6.45, 7) is 4.29. The van der Waals surface area contributed by atoms with Crippen LogP contribution in [0.25, 0.3) is 0 Å². The first-order valence-electron chi connectivity index (χ1n) is 6.75. The van der Waals surface area contributed by atoms with E-state index in [-0.39, 0.29) is 6.04 Å². The van der Waals surface area contributed by atoms with Gasteiger partial charge in [-0.3, -0.25) is 0 Å². The molecule has 0 amide bonds. The van der Waals surface area contributed by atoms with E-state index >= 15 is 0 Å². The first kappa shape index (κ1) is 12.5. The van der Waals surface area contributed by atoms with Gasteiger partial charge in [-0.2, -0.15) is 0 Å². The Bertz CT molecular complexity index is 345. The van der Waals surface area contributed by atoms with Gasteiger partial charge >= 0.3 is 0 Å². The summed E-state index contributed by atoms with van der Waals surface area (Å²) >= 11 is 0. The van der Waals surface area contributed by atoms with Crippen molar-refractivity contribution in [1.29, 1.82) is 0 Å². The molecule has 1 aliphatic carbocycles. The number of hydrogen-bond acceptors (Lipinski definition) is 3. The number of nitrogens with zero attached hydrogens (tertiary/aromatic N) is 2. The Morgan fingerprint density at radius 3 is 2.59 bits per heavy atom. The first-order valence-corrected chi connectivity index (χ1v) is 6.75. The van der Waals surface area contributed by atoms with Crippen molar-refractivity contribution in [2.45, 2.75) is 57.9 Å². The van der Waals surface area contributed by atoms with Crippen molar-refractivity contribution < 1.29 is 0 Å². The van der Waals surface area contributed by atoms with Gasteiger partial charge in [0.15, 0.2) is 0 Å². The summed E-state index contributed by atoms with van der Waals surface area (Å²) in [5.41, 5.74) is 6.91. The van der Waals surface area contributed by atoms with Crippen LogP contribution in [0.15, 0.2) is 12.4 Å². The Kier molecular flexibility index (Phi) is 4.11. The van der Waals surface area contributed by atoms with Gasteiger partial charge in [-0.25, -0.2) is 9.97 Å². The van der Waals surface area contributed by atoms with E-state index in [1.165, 1.54) is 25.7 Å². The number of aromatic nitrogens is 2. The van der Waals surface area contributed by atoms with Crippen LogP contribution >= 0.6 is 0 Å². The molecule has 2 rings (SSSR count). The fraction of sp³-hybridized carbons (Fsp3) is 0.714. The Labute approximate surface area is 104 Å². The Morgan fingerprint density at radius 1 is 1.35 bits per heavy atom. The minimum Gasteiger partial charge on any atom is -0.328 e. The fourth-order valence-electron chi connectivity index (χ4n) is 2.73. The molecule has 0 saturated heterocycles. The lowest BCUT2D eigenvalue weighted by Gasteiger charge is -2.10. The van der Waals surface area contributed by atoms with E-state index in [2.05, 4.69) is 16.9 Å². The average molecular weight is 233 g/mol. The van der Waals surface area contributed by atoms with Crippen LogP contribution in [0.4, 0.5) is 0 Å². The molecule has 3 unspecified atom stereocenters. The molecule has 0 bridgehead atoms. The highest BCUT2D eigenvalue weighted by Gasteiger charge is 2.26. The molecule has 0 aromatic carbocycles. The van der Waals surface area contributed by atoms with Crippen molar-refractivity contribution >= 4 is 0 Å². The van der Waals surface area contributed by atoms with E-state index < -0.39 is 0 Å². The molecule has 1 aliphatic rings. The van der Waals surface area contributed by atoms with E-state index in [1.54, 1.807) is 0 Å². The van der Waals surface area contributed by atoms with Gasteiger partial charge in [0.1, 0.15) is 5.82 Å². The summed E-state index contributed by atoms with van der Waals surface area (Å²) in [6, 6.07) is 0.181. The number of hydrogen-bond donors (Lipinski definition) is 1. The molecule has 94 valence electrons. The molecule has 0 spiro atoms. The van der Waals surface area contributed by atoms with Gasteiger partial charge in [0.2, 0.25) is 0 Å². The molecule has 3 nitrogen and oxygen atoms in total. The second-order valence-electron chi connectivity index (χ2n) is 5.42. The number of nitrogens with two attached hydrogens (primary N) is 1. The van der Waals surface area contributed by atoms with Gasteiger partial charge in [-0.1, -0.05) is 13.3 Å². The smallest absolute Gasteiger partial charge is 0.131 e. The monoisotopic (exact) mass is 233 g/mol. The van der Waals surface area contributed by atoms with Crippen LogP contribution in [-0.4, -0.2) is 16.0 Å². The van der Waals surface area contributed by atoms with E-state index in [1.807, 2.05) is 19.3 Å².